The van der Waals surface area contributed by atoms with E-state index in [0.29, 0.717) is 30.7 Å². The molecule has 1 N–H and O–H groups in total. The molecule has 0 fully saturated rings. The zero-order chi connectivity index (χ0) is 19.5. The van der Waals surface area contributed by atoms with Crippen LogP contribution in [0.5, 0.6) is 0 Å². The fraction of sp³-hybridized carbons (Fsp3) is 0.333. The van der Waals surface area contributed by atoms with Crippen LogP contribution in [0.4, 0.5) is 23.4 Å². The number of rotatable bonds is 1. The molecule has 2 aromatic rings. The van der Waals surface area contributed by atoms with Gasteiger partial charge in [-0.05, 0) is 30.5 Å². The van der Waals surface area contributed by atoms with Crippen molar-refractivity contribution in [2.75, 3.05) is 5.32 Å². The molecule has 0 amide bonds. The highest BCUT2D eigenvalue weighted by molar-refractivity contribution is 6.00. The van der Waals surface area contributed by atoms with E-state index < -0.39 is 29.1 Å². The van der Waals surface area contributed by atoms with Crippen LogP contribution in [-0.2, 0) is 18.0 Å². The van der Waals surface area contributed by atoms with Crippen LogP contribution in [0, 0.1) is 5.82 Å². The molecule has 5 nitrogen and oxygen atoms in total. The van der Waals surface area contributed by atoms with Crippen LogP contribution >= 0.6 is 0 Å². The Morgan fingerprint density at radius 3 is 2.67 bits per heavy atom. The van der Waals surface area contributed by atoms with Gasteiger partial charge in [0.25, 0.3) is 0 Å². The smallest absolute Gasteiger partial charge is 0.342 e. The summed E-state index contributed by atoms with van der Waals surface area (Å²) in [5, 5.41) is 3.01. The third-order valence-corrected chi connectivity index (χ3v) is 4.94. The molecular formula is C18H14F4N2O3. The van der Waals surface area contributed by atoms with Crippen LogP contribution in [0.3, 0.4) is 0 Å². The maximum absolute atomic E-state index is 13.7. The highest BCUT2D eigenvalue weighted by Crippen LogP contribution is 2.45. The van der Waals surface area contributed by atoms with Gasteiger partial charge in [0, 0.05) is 24.7 Å². The van der Waals surface area contributed by atoms with Crippen LogP contribution in [0.15, 0.2) is 38.8 Å². The number of nitrogens with zero attached hydrogens (tertiary/aromatic N) is 1. The van der Waals surface area contributed by atoms with Crippen molar-refractivity contribution in [3.8, 4) is 0 Å². The number of Topliss-reactive ketones (excluding diaryl/α,β-unsaturated/α-hetero) is 1. The van der Waals surface area contributed by atoms with Gasteiger partial charge in [0.15, 0.2) is 11.6 Å². The molecular weight excluding hydrogens is 368 g/mol. The average molecular weight is 382 g/mol. The largest absolute Gasteiger partial charge is 0.419 e. The lowest BCUT2D eigenvalue weighted by Crippen LogP contribution is -2.29. The lowest BCUT2D eigenvalue weighted by molar-refractivity contribution is -0.140. The molecule has 0 bridgehead atoms. The highest BCUT2D eigenvalue weighted by Gasteiger charge is 2.41. The Kier molecular flexibility index (Phi) is 3.79. The fourth-order valence-electron chi connectivity index (χ4n) is 3.77. The maximum atomic E-state index is 13.7. The molecule has 1 unspecified atom stereocenters. The van der Waals surface area contributed by atoms with E-state index in [4.69, 9.17) is 4.52 Å². The molecule has 2 aliphatic rings. The SMILES string of the molecule is Cn1oc(=O)c2c1NC1=C(C(=O)CCC1)C2c1ccc(F)c(C(F)(F)F)c1. The van der Waals surface area contributed by atoms with Crippen LogP contribution in [-0.4, -0.2) is 10.5 Å². The van der Waals surface area contributed by atoms with Gasteiger partial charge >= 0.3 is 11.8 Å². The van der Waals surface area contributed by atoms with Crippen LogP contribution in [0.2, 0.25) is 0 Å². The van der Waals surface area contributed by atoms with E-state index in [1.54, 1.807) is 0 Å². The monoisotopic (exact) mass is 382 g/mol. The van der Waals surface area contributed by atoms with Crippen molar-refractivity contribution in [1.29, 1.82) is 0 Å². The normalized spacial score (nSPS) is 19.6. The standard InChI is InChI=1S/C18H14F4N2O3/c1-24-16-15(17(26)27-24)13(14-11(23-16)3-2-4-12(14)25)8-5-6-10(19)9(7-8)18(20,21)22/h5-7,13,23H,2-4H2,1H3. The van der Waals surface area contributed by atoms with Gasteiger partial charge in [-0.3, -0.25) is 4.79 Å². The molecule has 9 heteroatoms. The number of benzene rings is 1. The number of anilines is 1. The van der Waals surface area contributed by atoms with Crippen LogP contribution in [0.1, 0.15) is 41.9 Å². The summed E-state index contributed by atoms with van der Waals surface area (Å²) < 4.78 is 59.5. The Morgan fingerprint density at radius 2 is 1.96 bits per heavy atom. The summed E-state index contributed by atoms with van der Waals surface area (Å²) in [7, 11) is 1.48. The van der Waals surface area contributed by atoms with Crippen molar-refractivity contribution < 1.29 is 26.9 Å². The molecule has 0 saturated heterocycles. The molecule has 4 rings (SSSR count). The molecule has 27 heavy (non-hydrogen) atoms. The predicted molar refractivity (Wildman–Crippen MR) is 86.7 cm³/mol. The average Bonchev–Trinajstić information content (AvgIpc) is 2.87. The molecule has 1 atom stereocenters. The van der Waals surface area contributed by atoms with Gasteiger partial charge in [-0.2, -0.15) is 17.9 Å². The molecule has 2 heterocycles. The first kappa shape index (κ1) is 17.6. The Labute approximate surface area is 150 Å². The number of fused-ring (bicyclic) bond motifs is 1. The molecule has 1 aliphatic carbocycles. The first-order valence-corrected chi connectivity index (χ1v) is 8.28. The lowest BCUT2D eigenvalue weighted by atomic mass is 9.76. The van der Waals surface area contributed by atoms with Gasteiger partial charge in [0.1, 0.15) is 5.82 Å². The van der Waals surface area contributed by atoms with Gasteiger partial charge in [0.05, 0.1) is 17.0 Å². The zero-order valence-electron chi connectivity index (χ0n) is 14.1. The summed E-state index contributed by atoms with van der Waals surface area (Å²) in [6.45, 7) is 0. The first-order chi connectivity index (χ1) is 12.7. The number of hydrogen-bond acceptors (Lipinski definition) is 4. The van der Waals surface area contributed by atoms with E-state index in [1.807, 2.05) is 0 Å². The second-order valence-corrected chi connectivity index (χ2v) is 6.60. The number of nitrogens with one attached hydrogen (secondary N) is 1. The third-order valence-electron chi connectivity index (χ3n) is 4.94. The molecule has 1 aliphatic heterocycles. The Balaban J connectivity index is 1.99. The van der Waals surface area contributed by atoms with E-state index in [9.17, 15) is 27.2 Å². The molecule has 142 valence electrons. The van der Waals surface area contributed by atoms with E-state index in [-0.39, 0.29) is 34.7 Å². The zero-order valence-corrected chi connectivity index (χ0v) is 14.1. The Morgan fingerprint density at radius 1 is 1.22 bits per heavy atom. The van der Waals surface area contributed by atoms with Crippen molar-refractivity contribution in [3.05, 3.63) is 62.4 Å². The fourth-order valence-corrected chi connectivity index (χ4v) is 3.77. The minimum absolute atomic E-state index is 0.0210. The topological polar surface area (TPSA) is 64.2 Å². The molecule has 0 saturated carbocycles. The van der Waals surface area contributed by atoms with Gasteiger partial charge < -0.3 is 9.84 Å². The quantitative estimate of drug-likeness (QED) is 0.764. The van der Waals surface area contributed by atoms with Gasteiger partial charge in [0.2, 0.25) is 0 Å². The second-order valence-electron chi connectivity index (χ2n) is 6.60. The number of halogens is 4. The third kappa shape index (κ3) is 2.68. The van der Waals surface area contributed by atoms with Crippen molar-refractivity contribution in [1.82, 2.24) is 4.74 Å². The number of carbonyl (C=O) groups excluding carboxylic acids is 1. The number of carbonyl (C=O) groups is 1. The Bertz CT molecular complexity index is 1050. The highest BCUT2D eigenvalue weighted by atomic mass is 19.4. The van der Waals surface area contributed by atoms with E-state index in [2.05, 4.69) is 5.32 Å². The van der Waals surface area contributed by atoms with Crippen molar-refractivity contribution in [2.24, 2.45) is 7.05 Å². The number of aryl methyl sites for hydroxylation is 1. The summed E-state index contributed by atoms with van der Waals surface area (Å²) in [5.74, 6) is -2.41. The summed E-state index contributed by atoms with van der Waals surface area (Å²) in [5.41, 5.74) is -1.33. The first-order valence-electron chi connectivity index (χ1n) is 8.28. The lowest BCUT2D eigenvalue weighted by Gasteiger charge is -2.31. The second kappa shape index (κ2) is 5.83. The van der Waals surface area contributed by atoms with E-state index >= 15 is 0 Å². The van der Waals surface area contributed by atoms with Crippen molar-refractivity contribution in [2.45, 2.75) is 31.4 Å². The van der Waals surface area contributed by atoms with Gasteiger partial charge in [-0.15, -0.1) is 0 Å². The summed E-state index contributed by atoms with van der Waals surface area (Å²) in [6, 6.07) is 2.54. The number of aromatic nitrogens is 1. The number of hydrogen-bond donors (Lipinski definition) is 1. The minimum Gasteiger partial charge on any atom is -0.342 e. The van der Waals surface area contributed by atoms with E-state index in [1.165, 1.54) is 17.9 Å². The molecule has 0 spiro atoms. The van der Waals surface area contributed by atoms with Crippen molar-refractivity contribution >= 4 is 11.6 Å². The number of allylic oxidation sites excluding steroid dienone is 2. The Hall–Kier alpha value is -2.84. The maximum Gasteiger partial charge on any atom is 0.419 e. The summed E-state index contributed by atoms with van der Waals surface area (Å²) in [4.78, 5) is 24.9. The summed E-state index contributed by atoms with van der Waals surface area (Å²) >= 11 is 0. The number of ketones is 1. The molecule has 1 aromatic heterocycles. The summed E-state index contributed by atoms with van der Waals surface area (Å²) in [6.07, 6.45) is -3.55. The molecule has 0 radical (unpaired) electrons. The minimum atomic E-state index is -4.90. The van der Waals surface area contributed by atoms with Gasteiger partial charge in [-0.25, -0.2) is 9.18 Å². The van der Waals surface area contributed by atoms with E-state index in [0.717, 1.165) is 0 Å². The van der Waals surface area contributed by atoms with Crippen molar-refractivity contribution in [3.63, 3.8) is 0 Å². The van der Waals surface area contributed by atoms with Crippen LogP contribution < -0.4 is 10.9 Å². The molecule has 1 aromatic carbocycles. The predicted octanol–water partition coefficient (Wildman–Crippen LogP) is 3.70. The number of alkyl halides is 3. The van der Waals surface area contributed by atoms with Crippen LogP contribution in [0.25, 0.3) is 0 Å². The van der Waals surface area contributed by atoms with Gasteiger partial charge in [-0.1, -0.05) is 6.07 Å².